The summed E-state index contributed by atoms with van der Waals surface area (Å²) >= 11 is 0. The number of Topliss-reactive ketones (excluding diaryl/α,β-unsaturated/α-hetero) is 1. The van der Waals surface area contributed by atoms with Gasteiger partial charge in [0, 0.05) is 16.8 Å². The molecule has 0 fully saturated rings. The molecule has 0 aliphatic carbocycles. The van der Waals surface area contributed by atoms with Crippen molar-refractivity contribution in [2.75, 3.05) is 5.32 Å². The highest BCUT2D eigenvalue weighted by molar-refractivity contribution is 5.97. The summed E-state index contributed by atoms with van der Waals surface area (Å²) in [6, 6.07) is 15.7. The molecule has 1 aromatic heterocycles. The lowest BCUT2D eigenvalue weighted by Gasteiger charge is -2.14. The molecular formula is C24H23NO5. The van der Waals surface area contributed by atoms with Crippen LogP contribution in [-0.4, -0.2) is 23.8 Å². The van der Waals surface area contributed by atoms with Gasteiger partial charge in [-0.3, -0.25) is 9.59 Å². The third-order valence-electron chi connectivity index (χ3n) is 4.68. The van der Waals surface area contributed by atoms with E-state index in [1.807, 2.05) is 32.0 Å². The van der Waals surface area contributed by atoms with E-state index in [1.54, 1.807) is 30.3 Å². The molecule has 0 spiro atoms. The minimum atomic E-state index is -0.999. The van der Waals surface area contributed by atoms with E-state index in [0.717, 1.165) is 16.7 Å². The van der Waals surface area contributed by atoms with Crippen molar-refractivity contribution in [3.63, 3.8) is 0 Å². The van der Waals surface area contributed by atoms with Crippen molar-refractivity contribution in [1.29, 1.82) is 0 Å². The Morgan fingerprint density at radius 1 is 0.967 bits per heavy atom. The Labute approximate surface area is 174 Å². The van der Waals surface area contributed by atoms with Crippen LogP contribution in [0.2, 0.25) is 0 Å². The molecule has 0 unspecified atom stereocenters. The lowest BCUT2D eigenvalue weighted by molar-refractivity contribution is -0.123. The van der Waals surface area contributed by atoms with Crippen molar-refractivity contribution in [3.05, 3.63) is 77.0 Å². The minimum Gasteiger partial charge on any atom is -0.449 e. The molecule has 154 valence electrons. The van der Waals surface area contributed by atoms with Crippen molar-refractivity contribution < 1.29 is 23.5 Å². The maximum Gasteiger partial charge on any atom is 0.375 e. The monoisotopic (exact) mass is 405 g/mol. The van der Waals surface area contributed by atoms with E-state index >= 15 is 0 Å². The highest BCUT2D eigenvalue weighted by Gasteiger charge is 2.22. The lowest BCUT2D eigenvalue weighted by atomic mass is 10.1. The first kappa shape index (κ1) is 21.0. The largest absolute Gasteiger partial charge is 0.449 e. The maximum absolute atomic E-state index is 12.4. The molecule has 6 heteroatoms. The zero-order chi connectivity index (χ0) is 21.8. The van der Waals surface area contributed by atoms with E-state index in [1.165, 1.54) is 19.9 Å². The molecular weight excluding hydrogens is 382 g/mol. The van der Waals surface area contributed by atoms with Gasteiger partial charge in [-0.25, -0.2) is 4.79 Å². The quantitative estimate of drug-likeness (QED) is 0.463. The summed E-state index contributed by atoms with van der Waals surface area (Å²) < 4.78 is 10.8. The number of ketones is 1. The van der Waals surface area contributed by atoms with Gasteiger partial charge in [0.2, 0.25) is 5.76 Å². The number of anilines is 1. The number of ether oxygens (including phenoxy) is 1. The molecule has 0 aliphatic heterocycles. The molecule has 0 bridgehead atoms. The van der Waals surface area contributed by atoms with E-state index in [2.05, 4.69) is 5.32 Å². The maximum atomic E-state index is 12.4. The van der Waals surface area contributed by atoms with Crippen LogP contribution < -0.4 is 5.32 Å². The third-order valence-corrected chi connectivity index (χ3v) is 4.68. The van der Waals surface area contributed by atoms with Crippen LogP contribution in [0.15, 0.2) is 59.0 Å². The van der Waals surface area contributed by atoms with Gasteiger partial charge in [0.15, 0.2) is 11.9 Å². The average Bonchev–Trinajstić information content (AvgIpc) is 3.20. The van der Waals surface area contributed by atoms with Crippen molar-refractivity contribution in [1.82, 2.24) is 0 Å². The zero-order valence-electron chi connectivity index (χ0n) is 17.3. The number of carbonyl (C=O) groups excluding carboxylic acids is 3. The normalized spacial score (nSPS) is 11.6. The number of hydrogen-bond acceptors (Lipinski definition) is 5. The van der Waals surface area contributed by atoms with Gasteiger partial charge in [-0.05, 0) is 51.5 Å². The number of rotatable bonds is 6. The van der Waals surface area contributed by atoms with Crippen molar-refractivity contribution in [3.8, 4) is 11.3 Å². The Bertz CT molecular complexity index is 1100. The second kappa shape index (κ2) is 8.78. The topological polar surface area (TPSA) is 85.6 Å². The van der Waals surface area contributed by atoms with E-state index in [4.69, 9.17) is 9.15 Å². The number of benzene rings is 2. The second-order valence-electron chi connectivity index (χ2n) is 7.15. The summed E-state index contributed by atoms with van der Waals surface area (Å²) in [4.78, 5) is 36.1. The third kappa shape index (κ3) is 4.84. The Kier molecular flexibility index (Phi) is 6.16. The molecule has 0 saturated carbocycles. The molecule has 6 nitrogen and oxygen atoms in total. The van der Waals surface area contributed by atoms with E-state index in [0.29, 0.717) is 17.0 Å². The highest BCUT2D eigenvalue weighted by atomic mass is 16.6. The predicted octanol–water partition coefficient (Wildman–Crippen LogP) is 4.95. The number of aryl methyl sites for hydroxylation is 2. The van der Waals surface area contributed by atoms with E-state index in [-0.39, 0.29) is 11.5 Å². The number of amides is 1. The van der Waals surface area contributed by atoms with Gasteiger partial charge in [-0.15, -0.1) is 0 Å². The van der Waals surface area contributed by atoms with Crippen LogP contribution in [-0.2, 0) is 9.53 Å². The van der Waals surface area contributed by atoms with Crippen LogP contribution in [0.1, 0.15) is 45.9 Å². The molecule has 1 N–H and O–H groups in total. The average molecular weight is 405 g/mol. The van der Waals surface area contributed by atoms with Crippen molar-refractivity contribution >= 4 is 23.3 Å². The molecule has 0 saturated heterocycles. The van der Waals surface area contributed by atoms with Gasteiger partial charge in [0.05, 0.1) is 0 Å². The SMILES string of the molecule is CC(=O)c1ccc(-c2ccc(C(=O)O[C@H](C)C(=O)Nc3ccc(C)cc3C)o2)cc1. The highest BCUT2D eigenvalue weighted by Crippen LogP contribution is 2.23. The molecule has 3 rings (SSSR count). The fraction of sp³-hybridized carbons (Fsp3) is 0.208. The van der Waals surface area contributed by atoms with Gasteiger partial charge in [-0.1, -0.05) is 42.0 Å². The molecule has 3 aromatic rings. The summed E-state index contributed by atoms with van der Waals surface area (Å²) in [6.45, 7) is 6.86. The van der Waals surface area contributed by atoms with E-state index in [9.17, 15) is 14.4 Å². The smallest absolute Gasteiger partial charge is 0.375 e. The number of esters is 1. The second-order valence-corrected chi connectivity index (χ2v) is 7.15. The Morgan fingerprint density at radius 3 is 2.30 bits per heavy atom. The van der Waals surface area contributed by atoms with Crippen LogP contribution in [0.25, 0.3) is 11.3 Å². The van der Waals surface area contributed by atoms with Crippen LogP contribution in [0.3, 0.4) is 0 Å². The zero-order valence-corrected chi connectivity index (χ0v) is 17.3. The molecule has 1 amide bonds. The van der Waals surface area contributed by atoms with Crippen LogP contribution in [0.4, 0.5) is 5.69 Å². The van der Waals surface area contributed by atoms with Gasteiger partial charge in [0.25, 0.3) is 5.91 Å². The standard InChI is InChI=1S/C24H23NO5/c1-14-5-10-20(15(2)13-14)25-23(27)17(4)29-24(28)22-12-11-21(30-22)19-8-6-18(7-9-19)16(3)26/h5-13,17H,1-4H3,(H,25,27)/t17-/m1/s1. The summed E-state index contributed by atoms with van der Waals surface area (Å²) in [5.74, 6) is -0.735. The summed E-state index contributed by atoms with van der Waals surface area (Å²) in [7, 11) is 0. The van der Waals surface area contributed by atoms with Gasteiger partial charge in [-0.2, -0.15) is 0 Å². The first-order valence-corrected chi connectivity index (χ1v) is 9.55. The molecule has 0 radical (unpaired) electrons. The van der Waals surface area contributed by atoms with Gasteiger partial charge >= 0.3 is 5.97 Å². The number of hydrogen-bond donors (Lipinski definition) is 1. The Hall–Kier alpha value is -3.67. The molecule has 30 heavy (non-hydrogen) atoms. The van der Waals surface area contributed by atoms with Crippen LogP contribution >= 0.6 is 0 Å². The van der Waals surface area contributed by atoms with Crippen molar-refractivity contribution in [2.45, 2.75) is 33.8 Å². The molecule has 1 atom stereocenters. The lowest BCUT2D eigenvalue weighted by Crippen LogP contribution is -2.30. The summed E-state index contributed by atoms with van der Waals surface area (Å²) in [6.07, 6.45) is -0.999. The molecule has 2 aromatic carbocycles. The Balaban J connectivity index is 1.64. The Morgan fingerprint density at radius 2 is 1.67 bits per heavy atom. The minimum absolute atomic E-state index is 0.00758. The number of carbonyl (C=O) groups is 3. The molecule has 0 aliphatic rings. The van der Waals surface area contributed by atoms with E-state index < -0.39 is 18.0 Å². The van der Waals surface area contributed by atoms with Crippen LogP contribution in [0, 0.1) is 13.8 Å². The first-order chi connectivity index (χ1) is 14.2. The number of nitrogens with one attached hydrogen (secondary N) is 1. The number of furan rings is 1. The van der Waals surface area contributed by atoms with Gasteiger partial charge < -0.3 is 14.5 Å². The fourth-order valence-electron chi connectivity index (χ4n) is 2.93. The summed E-state index contributed by atoms with van der Waals surface area (Å²) in [5.41, 5.74) is 4.00. The predicted molar refractivity (Wildman–Crippen MR) is 114 cm³/mol. The van der Waals surface area contributed by atoms with Crippen LogP contribution in [0.5, 0.6) is 0 Å². The first-order valence-electron chi connectivity index (χ1n) is 9.55. The molecule has 1 heterocycles. The van der Waals surface area contributed by atoms with Gasteiger partial charge in [0.1, 0.15) is 5.76 Å². The summed E-state index contributed by atoms with van der Waals surface area (Å²) in [5, 5.41) is 2.77. The van der Waals surface area contributed by atoms with Crippen molar-refractivity contribution in [2.24, 2.45) is 0 Å². The fourth-order valence-corrected chi connectivity index (χ4v) is 2.93.